The van der Waals surface area contributed by atoms with Gasteiger partial charge >= 0.3 is 5.97 Å². The van der Waals surface area contributed by atoms with E-state index in [1.54, 1.807) is 26.0 Å². The molecule has 29 heavy (non-hydrogen) atoms. The lowest BCUT2D eigenvalue weighted by atomic mass is 10.1. The number of methoxy groups -OCH3 is 1. The molecular weight excluding hydrogens is 376 g/mol. The number of Topliss-reactive ketones (excluding diaryl/α,β-unsaturated/α-hetero) is 1. The molecule has 0 saturated heterocycles. The molecule has 0 aliphatic carbocycles. The van der Waals surface area contributed by atoms with Crippen molar-refractivity contribution in [3.8, 4) is 11.7 Å². The molecule has 3 aromatic heterocycles. The first kappa shape index (κ1) is 20.5. The number of carbonyl (C=O) groups excluding carboxylic acids is 2. The van der Waals surface area contributed by atoms with Crippen molar-refractivity contribution in [2.45, 2.75) is 33.7 Å². The zero-order valence-electron chi connectivity index (χ0n) is 16.9. The van der Waals surface area contributed by atoms with Gasteiger partial charge in [-0.05, 0) is 44.5 Å². The molecule has 3 aromatic rings. The van der Waals surface area contributed by atoms with Crippen molar-refractivity contribution in [1.29, 1.82) is 0 Å². The van der Waals surface area contributed by atoms with Crippen molar-refractivity contribution < 1.29 is 23.2 Å². The molecule has 9 nitrogen and oxygen atoms in total. The number of hydrogen-bond donors (Lipinski definition) is 1. The van der Waals surface area contributed by atoms with Gasteiger partial charge in [0.2, 0.25) is 5.89 Å². The minimum absolute atomic E-state index is 0.125. The molecule has 0 unspecified atom stereocenters. The van der Waals surface area contributed by atoms with E-state index in [2.05, 4.69) is 15.2 Å². The molecule has 0 atom stereocenters. The van der Waals surface area contributed by atoms with Crippen LogP contribution in [0.5, 0.6) is 0 Å². The summed E-state index contributed by atoms with van der Waals surface area (Å²) in [5.41, 5.74) is 2.01. The number of H-pyrrole nitrogens is 1. The number of aromatic nitrogens is 3. The van der Waals surface area contributed by atoms with E-state index in [1.807, 2.05) is 11.8 Å². The Bertz CT molecular complexity index is 987. The molecule has 0 bridgehead atoms. The third-order valence-corrected chi connectivity index (χ3v) is 4.57. The molecule has 154 valence electrons. The van der Waals surface area contributed by atoms with Crippen LogP contribution in [-0.4, -0.2) is 52.0 Å². The topological polar surface area (TPSA) is 114 Å². The summed E-state index contributed by atoms with van der Waals surface area (Å²) in [5, 5.41) is 8.03. The second-order valence-corrected chi connectivity index (χ2v) is 6.73. The maximum absolute atomic E-state index is 12.9. The van der Waals surface area contributed by atoms with Crippen LogP contribution < -0.4 is 0 Å². The molecule has 3 heterocycles. The van der Waals surface area contributed by atoms with E-state index in [0.29, 0.717) is 53.1 Å². The second kappa shape index (κ2) is 8.87. The van der Waals surface area contributed by atoms with E-state index in [4.69, 9.17) is 13.6 Å². The summed E-state index contributed by atoms with van der Waals surface area (Å²) in [6.07, 6.45) is 2.38. The molecule has 0 spiro atoms. The second-order valence-electron chi connectivity index (χ2n) is 6.73. The highest BCUT2D eigenvalue weighted by Crippen LogP contribution is 2.21. The molecule has 0 aliphatic rings. The number of aromatic amines is 1. The molecule has 1 N–H and O–H groups in total. The van der Waals surface area contributed by atoms with E-state index in [0.717, 1.165) is 6.42 Å². The normalized spacial score (nSPS) is 11.2. The maximum Gasteiger partial charge on any atom is 0.339 e. The van der Waals surface area contributed by atoms with Crippen molar-refractivity contribution in [2.75, 3.05) is 20.2 Å². The maximum atomic E-state index is 12.9. The van der Waals surface area contributed by atoms with Crippen LogP contribution in [0.1, 0.15) is 51.3 Å². The van der Waals surface area contributed by atoms with Gasteiger partial charge in [-0.25, -0.2) is 4.79 Å². The van der Waals surface area contributed by atoms with Crippen LogP contribution in [0.25, 0.3) is 11.7 Å². The zero-order chi connectivity index (χ0) is 21.0. The minimum Gasteiger partial charge on any atom is -0.465 e. The molecule has 0 radical (unpaired) electrons. The lowest BCUT2D eigenvalue weighted by molar-refractivity contribution is 0.0599. The third-order valence-electron chi connectivity index (χ3n) is 4.57. The largest absolute Gasteiger partial charge is 0.465 e. The number of nitrogens with zero attached hydrogens (tertiary/aromatic N) is 3. The van der Waals surface area contributed by atoms with E-state index in [1.165, 1.54) is 13.4 Å². The predicted octanol–water partition coefficient (Wildman–Crippen LogP) is 3.16. The SMILES string of the molecule is CCCN(CC(=O)c1[nH]c(C)c(C(=O)OC)c1C)Cc1nnc(-c2ccco2)o1. The van der Waals surface area contributed by atoms with Gasteiger partial charge in [0.25, 0.3) is 5.89 Å². The highest BCUT2D eigenvalue weighted by Gasteiger charge is 2.24. The molecule has 0 saturated carbocycles. The number of aryl methyl sites for hydroxylation is 1. The number of furan rings is 1. The van der Waals surface area contributed by atoms with Gasteiger partial charge < -0.3 is 18.6 Å². The molecule has 0 amide bonds. The van der Waals surface area contributed by atoms with Crippen LogP contribution >= 0.6 is 0 Å². The number of carbonyl (C=O) groups is 2. The van der Waals surface area contributed by atoms with E-state index in [9.17, 15) is 9.59 Å². The van der Waals surface area contributed by atoms with Crippen LogP contribution in [-0.2, 0) is 11.3 Å². The van der Waals surface area contributed by atoms with Gasteiger partial charge in [-0.15, -0.1) is 10.2 Å². The summed E-state index contributed by atoms with van der Waals surface area (Å²) < 4.78 is 15.7. The van der Waals surface area contributed by atoms with Gasteiger partial charge in [0.15, 0.2) is 11.5 Å². The zero-order valence-corrected chi connectivity index (χ0v) is 16.9. The molecular formula is C20H24N4O5. The van der Waals surface area contributed by atoms with Gasteiger partial charge in [0, 0.05) is 5.69 Å². The van der Waals surface area contributed by atoms with Crippen molar-refractivity contribution >= 4 is 11.8 Å². The first-order chi connectivity index (χ1) is 13.9. The van der Waals surface area contributed by atoms with Gasteiger partial charge in [-0.3, -0.25) is 9.69 Å². The Kier molecular flexibility index (Phi) is 6.28. The lowest BCUT2D eigenvalue weighted by Crippen LogP contribution is -2.31. The predicted molar refractivity (Wildman–Crippen MR) is 104 cm³/mol. The van der Waals surface area contributed by atoms with E-state index < -0.39 is 5.97 Å². The van der Waals surface area contributed by atoms with Crippen LogP contribution in [0, 0.1) is 13.8 Å². The van der Waals surface area contributed by atoms with Crippen LogP contribution in [0.2, 0.25) is 0 Å². The van der Waals surface area contributed by atoms with Crippen molar-refractivity contribution in [3.05, 3.63) is 46.8 Å². The summed E-state index contributed by atoms with van der Waals surface area (Å²) in [6, 6.07) is 3.48. The summed E-state index contributed by atoms with van der Waals surface area (Å²) in [7, 11) is 1.32. The minimum atomic E-state index is -0.461. The summed E-state index contributed by atoms with van der Waals surface area (Å²) in [6.45, 7) is 6.66. The standard InChI is InChI=1S/C20H24N4O5/c1-5-8-24(11-16-22-23-19(29-16)15-7-6-9-28-15)10-14(25)18-12(2)17(13(3)21-18)20(26)27-4/h6-7,9,21H,5,8,10-11H2,1-4H3. The Morgan fingerprint density at radius 1 is 1.28 bits per heavy atom. The quantitative estimate of drug-likeness (QED) is 0.430. The molecule has 0 fully saturated rings. The van der Waals surface area contributed by atoms with Gasteiger partial charge in [0.05, 0.1) is 37.7 Å². The molecule has 0 aromatic carbocycles. The average Bonchev–Trinajstić information content (AvgIpc) is 3.42. The van der Waals surface area contributed by atoms with E-state index in [-0.39, 0.29) is 12.3 Å². The fourth-order valence-corrected chi connectivity index (χ4v) is 3.26. The van der Waals surface area contributed by atoms with Crippen LogP contribution in [0.15, 0.2) is 27.2 Å². The lowest BCUT2D eigenvalue weighted by Gasteiger charge is -2.18. The monoisotopic (exact) mass is 400 g/mol. The van der Waals surface area contributed by atoms with Crippen molar-refractivity contribution in [2.24, 2.45) is 0 Å². The number of nitrogens with one attached hydrogen (secondary N) is 1. The Morgan fingerprint density at radius 3 is 2.72 bits per heavy atom. The average molecular weight is 400 g/mol. The van der Waals surface area contributed by atoms with Crippen LogP contribution in [0.4, 0.5) is 0 Å². The van der Waals surface area contributed by atoms with Gasteiger partial charge in [-0.1, -0.05) is 6.92 Å². The molecule has 0 aliphatic heterocycles. The van der Waals surface area contributed by atoms with Crippen molar-refractivity contribution in [3.63, 3.8) is 0 Å². The van der Waals surface area contributed by atoms with Gasteiger partial charge in [0.1, 0.15) is 0 Å². The number of ketones is 1. The highest BCUT2D eigenvalue weighted by atomic mass is 16.5. The first-order valence-corrected chi connectivity index (χ1v) is 9.33. The first-order valence-electron chi connectivity index (χ1n) is 9.33. The Morgan fingerprint density at radius 2 is 2.07 bits per heavy atom. The fraction of sp³-hybridized carbons (Fsp3) is 0.400. The number of rotatable bonds is 9. The summed E-state index contributed by atoms with van der Waals surface area (Å²) in [4.78, 5) is 29.8. The molecule has 3 rings (SSSR count). The van der Waals surface area contributed by atoms with Crippen molar-refractivity contribution in [1.82, 2.24) is 20.1 Å². The highest BCUT2D eigenvalue weighted by molar-refractivity contribution is 6.02. The summed E-state index contributed by atoms with van der Waals surface area (Å²) in [5.74, 6) is 0.602. The molecule has 9 heteroatoms. The van der Waals surface area contributed by atoms with Gasteiger partial charge in [-0.2, -0.15) is 0 Å². The Hall–Kier alpha value is -3.20. The smallest absolute Gasteiger partial charge is 0.339 e. The Labute approximate surface area is 168 Å². The fourth-order valence-electron chi connectivity index (χ4n) is 3.26. The van der Waals surface area contributed by atoms with Crippen LogP contribution in [0.3, 0.4) is 0 Å². The Balaban J connectivity index is 1.74. The number of ether oxygens (including phenoxy) is 1. The third kappa shape index (κ3) is 4.45. The number of esters is 1. The summed E-state index contributed by atoms with van der Waals surface area (Å²) >= 11 is 0. The number of hydrogen-bond acceptors (Lipinski definition) is 8. The van der Waals surface area contributed by atoms with E-state index >= 15 is 0 Å².